The van der Waals surface area contributed by atoms with E-state index in [1.165, 1.54) is 6.08 Å². The third-order valence-electron chi connectivity index (χ3n) is 3.61. The van der Waals surface area contributed by atoms with E-state index in [0.717, 1.165) is 5.56 Å². The Balaban J connectivity index is 1.42. The minimum absolute atomic E-state index is 0.422. The van der Waals surface area contributed by atoms with Crippen LogP contribution in [0.25, 0.3) is 6.08 Å². The van der Waals surface area contributed by atoms with Crippen LogP contribution in [-0.2, 0) is 14.3 Å². The second-order valence-corrected chi connectivity index (χ2v) is 5.71. The maximum Gasteiger partial charge on any atom is 0.331 e. The molecule has 1 aliphatic rings. The lowest BCUT2D eigenvalue weighted by atomic mass is 10.2. The number of imide groups is 1. The van der Waals surface area contributed by atoms with E-state index in [2.05, 4.69) is 10.6 Å². The lowest BCUT2D eigenvalue weighted by molar-refractivity contribution is -0.143. The van der Waals surface area contributed by atoms with Crippen molar-refractivity contribution in [2.45, 2.75) is 0 Å². The molecule has 3 rings (SSSR count). The van der Waals surface area contributed by atoms with Crippen molar-refractivity contribution in [3.05, 3.63) is 60.2 Å². The topological polar surface area (TPSA) is 103 Å². The van der Waals surface area contributed by atoms with Gasteiger partial charge in [0.15, 0.2) is 18.1 Å². The molecule has 2 N–H and O–H groups in total. The molecule has 2 aromatic rings. The monoisotopic (exact) mass is 382 g/mol. The quantitative estimate of drug-likeness (QED) is 0.608. The van der Waals surface area contributed by atoms with Gasteiger partial charge in [0.2, 0.25) is 0 Å². The standard InChI is InChI=1S/C20H18N2O6/c23-18(13-28-19(24)9-6-14-4-2-1-3-5-14)22-20(25)21-15-7-8-16-17(12-15)27-11-10-26-16/h1-9,12H,10-11,13H2,(H2,21,22,23,25)/b9-6+. The van der Waals surface area contributed by atoms with E-state index < -0.39 is 24.5 Å². The number of carbonyl (C=O) groups is 3. The number of urea groups is 1. The van der Waals surface area contributed by atoms with E-state index in [1.807, 2.05) is 30.3 Å². The Morgan fingerprint density at radius 2 is 1.75 bits per heavy atom. The van der Waals surface area contributed by atoms with Crippen molar-refractivity contribution in [2.24, 2.45) is 0 Å². The molecule has 0 aliphatic carbocycles. The summed E-state index contributed by atoms with van der Waals surface area (Å²) < 4.78 is 15.6. The molecule has 0 aromatic heterocycles. The molecule has 8 heteroatoms. The average molecular weight is 382 g/mol. The molecule has 1 heterocycles. The molecule has 0 unspecified atom stereocenters. The van der Waals surface area contributed by atoms with Crippen LogP contribution in [0.3, 0.4) is 0 Å². The Bertz CT molecular complexity index is 895. The summed E-state index contributed by atoms with van der Waals surface area (Å²) in [4.78, 5) is 35.2. The van der Waals surface area contributed by atoms with Crippen LogP contribution in [0.5, 0.6) is 11.5 Å². The minimum atomic E-state index is -0.753. The number of anilines is 1. The lowest BCUT2D eigenvalue weighted by Gasteiger charge is -2.19. The van der Waals surface area contributed by atoms with Crippen LogP contribution >= 0.6 is 0 Å². The molecule has 0 fully saturated rings. The van der Waals surface area contributed by atoms with Gasteiger partial charge in [-0.05, 0) is 23.8 Å². The molecule has 28 heavy (non-hydrogen) atoms. The summed E-state index contributed by atoms with van der Waals surface area (Å²) in [6.45, 7) is 0.311. The molecule has 0 atom stereocenters. The molecule has 0 bridgehead atoms. The van der Waals surface area contributed by atoms with Gasteiger partial charge in [0.1, 0.15) is 13.2 Å². The first-order valence-corrected chi connectivity index (χ1v) is 8.50. The van der Waals surface area contributed by atoms with Gasteiger partial charge in [0, 0.05) is 17.8 Å². The van der Waals surface area contributed by atoms with Crippen molar-refractivity contribution in [3.63, 3.8) is 0 Å². The van der Waals surface area contributed by atoms with Crippen LogP contribution in [0.15, 0.2) is 54.6 Å². The maximum absolute atomic E-state index is 11.9. The van der Waals surface area contributed by atoms with Crippen molar-refractivity contribution < 1.29 is 28.6 Å². The third kappa shape index (κ3) is 5.60. The Labute approximate surface area is 161 Å². The number of fused-ring (bicyclic) bond motifs is 1. The number of nitrogens with one attached hydrogen (secondary N) is 2. The SMILES string of the molecule is O=C(COC(=O)/C=C/c1ccccc1)NC(=O)Nc1ccc2c(c1)OCCO2. The summed E-state index contributed by atoms with van der Waals surface area (Å²) in [5.74, 6) is -0.346. The zero-order valence-electron chi connectivity index (χ0n) is 14.8. The van der Waals surface area contributed by atoms with Gasteiger partial charge in [0.05, 0.1) is 0 Å². The molecular formula is C20H18N2O6. The average Bonchev–Trinajstić information content (AvgIpc) is 2.71. The largest absolute Gasteiger partial charge is 0.486 e. The summed E-state index contributed by atoms with van der Waals surface area (Å²) in [6, 6.07) is 13.3. The minimum Gasteiger partial charge on any atom is -0.486 e. The smallest absolute Gasteiger partial charge is 0.331 e. The molecule has 0 saturated carbocycles. The van der Waals surface area contributed by atoms with Crippen LogP contribution in [-0.4, -0.2) is 37.7 Å². The molecule has 0 radical (unpaired) electrons. The first-order valence-electron chi connectivity index (χ1n) is 8.50. The molecular weight excluding hydrogens is 364 g/mol. The summed E-state index contributed by atoms with van der Waals surface area (Å²) in [7, 11) is 0. The number of amides is 3. The number of carbonyl (C=O) groups excluding carboxylic acids is 3. The Morgan fingerprint density at radius 1 is 1.00 bits per heavy atom. The van der Waals surface area contributed by atoms with Crippen molar-refractivity contribution in [2.75, 3.05) is 25.1 Å². The second kappa shape index (κ2) is 9.22. The van der Waals surface area contributed by atoms with Crippen molar-refractivity contribution in [1.29, 1.82) is 0 Å². The predicted molar refractivity (Wildman–Crippen MR) is 101 cm³/mol. The molecule has 3 amide bonds. The zero-order chi connectivity index (χ0) is 19.8. The van der Waals surface area contributed by atoms with Crippen LogP contribution in [0, 0.1) is 0 Å². The fraction of sp³-hybridized carbons (Fsp3) is 0.150. The Kier molecular flexibility index (Phi) is 6.25. The Morgan fingerprint density at radius 3 is 2.54 bits per heavy atom. The number of hydrogen-bond acceptors (Lipinski definition) is 6. The Hall–Kier alpha value is -3.81. The van der Waals surface area contributed by atoms with Gasteiger partial charge in [-0.2, -0.15) is 0 Å². The highest BCUT2D eigenvalue weighted by Gasteiger charge is 2.14. The number of benzene rings is 2. The van der Waals surface area contributed by atoms with Gasteiger partial charge in [0.25, 0.3) is 5.91 Å². The summed E-state index contributed by atoms with van der Waals surface area (Å²) >= 11 is 0. The highest BCUT2D eigenvalue weighted by atomic mass is 16.6. The van der Waals surface area contributed by atoms with E-state index in [0.29, 0.717) is 30.4 Å². The molecule has 0 saturated heterocycles. The van der Waals surface area contributed by atoms with E-state index in [9.17, 15) is 14.4 Å². The zero-order valence-corrected chi connectivity index (χ0v) is 14.8. The molecule has 0 spiro atoms. The van der Waals surface area contributed by atoms with Crippen LogP contribution in [0.1, 0.15) is 5.56 Å². The highest BCUT2D eigenvalue weighted by molar-refractivity contribution is 6.02. The van der Waals surface area contributed by atoms with Crippen molar-refractivity contribution in [3.8, 4) is 11.5 Å². The normalized spacial score (nSPS) is 12.3. The summed E-state index contributed by atoms with van der Waals surface area (Å²) in [6.07, 6.45) is 2.77. The van der Waals surface area contributed by atoms with Crippen LogP contribution < -0.4 is 20.1 Å². The van der Waals surface area contributed by atoms with Crippen LogP contribution in [0.2, 0.25) is 0 Å². The molecule has 144 valence electrons. The fourth-order valence-electron chi connectivity index (χ4n) is 2.36. The van der Waals surface area contributed by atoms with Gasteiger partial charge in [-0.1, -0.05) is 30.3 Å². The van der Waals surface area contributed by atoms with Gasteiger partial charge in [-0.15, -0.1) is 0 Å². The van der Waals surface area contributed by atoms with E-state index >= 15 is 0 Å². The maximum atomic E-state index is 11.9. The van der Waals surface area contributed by atoms with Gasteiger partial charge >= 0.3 is 12.0 Å². The number of esters is 1. The van der Waals surface area contributed by atoms with E-state index in [-0.39, 0.29) is 0 Å². The second-order valence-electron chi connectivity index (χ2n) is 5.71. The molecule has 1 aliphatic heterocycles. The van der Waals surface area contributed by atoms with Gasteiger partial charge in [-0.25, -0.2) is 9.59 Å². The van der Waals surface area contributed by atoms with Gasteiger partial charge in [-0.3, -0.25) is 10.1 Å². The summed E-state index contributed by atoms with van der Waals surface area (Å²) in [5.41, 5.74) is 1.25. The predicted octanol–water partition coefficient (Wildman–Crippen LogP) is 2.36. The van der Waals surface area contributed by atoms with Crippen LogP contribution in [0.4, 0.5) is 10.5 Å². The number of ether oxygens (including phenoxy) is 3. The van der Waals surface area contributed by atoms with E-state index in [4.69, 9.17) is 14.2 Å². The van der Waals surface area contributed by atoms with Crippen molar-refractivity contribution in [1.82, 2.24) is 5.32 Å². The number of hydrogen-bond donors (Lipinski definition) is 2. The highest BCUT2D eigenvalue weighted by Crippen LogP contribution is 2.32. The van der Waals surface area contributed by atoms with Gasteiger partial charge < -0.3 is 19.5 Å². The third-order valence-corrected chi connectivity index (χ3v) is 3.61. The fourth-order valence-corrected chi connectivity index (χ4v) is 2.36. The summed E-state index contributed by atoms with van der Waals surface area (Å²) in [5, 5.41) is 4.57. The lowest BCUT2D eigenvalue weighted by Crippen LogP contribution is -2.37. The van der Waals surface area contributed by atoms with Crippen molar-refractivity contribution >= 4 is 29.7 Å². The molecule has 8 nitrogen and oxygen atoms in total. The first kappa shape index (κ1) is 19.0. The first-order chi connectivity index (χ1) is 13.6. The van der Waals surface area contributed by atoms with E-state index in [1.54, 1.807) is 24.3 Å². The number of rotatable bonds is 5. The molecule has 2 aromatic carbocycles.